The fraction of sp³-hybridized carbons (Fsp3) is 0.406. The third-order valence-electron chi connectivity index (χ3n) is 9.23. The highest BCUT2D eigenvalue weighted by Crippen LogP contribution is 2.56. The summed E-state index contributed by atoms with van der Waals surface area (Å²) in [5.41, 5.74) is 0.515. The Morgan fingerprint density at radius 3 is 2.04 bits per heavy atom. The minimum Gasteiger partial charge on any atom is -0.371 e. The molecule has 3 aliphatic heterocycles. The predicted octanol–water partition coefficient (Wildman–Crippen LogP) is 6.13. The molecule has 47 heavy (non-hydrogen) atoms. The summed E-state index contributed by atoms with van der Waals surface area (Å²) in [6, 6.07) is 20.5. The third-order valence-corrected chi connectivity index (χ3v) is 10.2. The number of nitrogens with one attached hydrogen (secondary N) is 1. The smallest absolute Gasteiger partial charge is 0.371 e. The molecule has 15 heteroatoms. The van der Waals surface area contributed by atoms with E-state index in [1.54, 1.807) is 7.05 Å². The van der Waals surface area contributed by atoms with Crippen LogP contribution in [0.5, 0.6) is 0 Å². The number of halogens is 6. The van der Waals surface area contributed by atoms with Crippen LogP contribution in [-0.4, -0.2) is 54.1 Å². The largest absolute Gasteiger partial charge is 0.416 e. The maximum Gasteiger partial charge on any atom is 0.416 e. The van der Waals surface area contributed by atoms with E-state index >= 15 is 0 Å². The van der Waals surface area contributed by atoms with E-state index < -0.39 is 51.8 Å². The molecule has 6 rings (SSSR count). The van der Waals surface area contributed by atoms with Crippen LogP contribution in [-0.2, 0) is 45.8 Å². The van der Waals surface area contributed by atoms with Gasteiger partial charge < -0.3 is 4.74 Å². The lowest BCUT2D eigenvalue weighted by atomic mass is 9.78. The lowest BCUT2D eigenvalue weighted by molar-refractivity contribution is -0.143. The second kappa shape index (κ2) is 12.1. The van der Waals surface area contributed by atoms with E-state index in [1.807, 2.05) is 60.7 Å². The second-order valence-electron chi connectivity index (χ2n) is 12.2. The van der Waals surface area contributed by atoms with Gasteiger partial charge in [0.2, 0.25) is 10.0 Å². The molecule has 3 aromatic rings. The van der Waals surface area contributed by atoms with Gasteiger partial charge in [0.1, 0.15) is 5.84 Å². The molecular weight excluding hydrogens is 648 g/mol. The number of ether oxygens (including phenoxy) is 1. The normalized spacial score (nSPS) is 25.6. The summed E-state index contributed by atoms with van der Waals surface area (Å²) in [6.07, 6.45) is -8.15. The van der Waals surface area contributed by atoms with Crippen molar-refractivity contribution in [2.45, 2.75) is 62.5 Å². The molecule has 0 radical (unpaired) electrons. The number of hydrogen-bond donors (Lipinski definition) is 1. The van der Waals surface area contributed by atoms with Crippen molar-refractivity contribution >= 4 is 15.9 Å². The van der Waals surface area contributed by atoms with Gasteiger partial charge in [-0.3, -0.25) is 9.91 Å². The van der Waals surface area contributed by atoms with Crippen molar-refractivity contribution in [2.24, 2.45) is 11.0 Å². The Balaban J connectivity index is 1.42. The molecule has 3 aliphatic rings. The molecule has 0 spiro atoms. The number of rotatable bonds is 8. The number of sulfonamides is 1. The van der Waals surface area contributed by atoms with Crippen LogP contribution in [0.25, 0.3) is 0 Å². The lowest BCUT2D eigenvalue weighted by Gasteiger charge is -2.50. The number of alkyl halides is 6. The molecule has 2 bridgehead atoms. The van der Waals surface area contributed by atoms with Crippen molar-refractivity contribution in [1.29, 1.82) is 0 Å². The van der Waals surface area contributed by atoms with Gasteiger partial charge in [0, 0.05) is 25.6 Å². The van der Waals surface area contributed by atoms with E-state index in [0.29, 0.717) is 43.8 Å². The molecule has 0 aliphatic carbocycles. The minimum absolute atomic E-state index is 0.107. The molecular formula is C32H33F6N5O3S. The van der Waals surface area contributed by atoms with Crippen LogP contribution < -0.4 is 5.53 Å². The van der Waals surface area contributed by atoms with Gasteiger partial charge in [0.25, 0.3) is 0 Å². The number of piperidine rings is 1. The zero-order chi connectivity index (χ0) is 33.8. The van der Waals surface area contributed by atoms with Crippen molar-refractivity contribution in [3.63, 3.8) is 0 Å². The molecule has 2 fully saturated rings. The Kier molecular flexibility index (Phi) is 8.56. The Labute approximate surface area is 268 Å². The molecule has 3 heterocycles. The Bertz CT molecular complexity index is 1710. The van der Waals surface area contributed by atoms with E-state index in [-0.39, 0.29) is 23.6 Å². The average molecular weight is 682 g/mol. The van der Waals surface area contributed by atoms with Gasteiger partial charge in [-0.15, -0.1) is 5.10 Å². The van der Waals surface area contributed by atoms with E-state index in [0.717, 1.165) is 21.9 Å². The fourth-order valence-corrected chi connectivity index (χ4v) is 8.02. The van der Waals surface area contributed by atoms with Crippen LogP contribution in [0.15, 0.2) is 84.0 Å². The maximum atomic E-state index is 13.6. The summed E-state index contributed by atoms with van der Waals surface area (Å²) in [6.45, 7) is -0.0240. The first-order chi connectivity index (χ1) is 22.1. The fourth-order valence-electron chi connectivity index (χ4n) is 7.30. The number of hydrazine groups is 2. The SMILES string of the molecule is CN1C([C@@H]2C[C@@]3(c4ccccc4)[C@H](OCc4cc(C(F)(F)F)cc(C(F)(F)F)c4)CC[C@@H]2N3Cc2ccccc2)=NNN1S(C)(=O)=O. The van der Waals surface area contributed by atoms with Crippen molar-refractivity contribution < 1.29 is 39.5 Å². The molecule has 3 aromatic carbocycles. The van der Waals surface area contributed by atoms with Gasteiger partial charge in [-0.1, -0.05) is 60.7 Å². The number of hydrogen-bond acceptors (Lipinski definition) is 7. The zero-order valence-corrected chi connectivity index (χ0v) is 26.3. The van der Waals surface area contributed by atoms with Crippen molar-refractivity contribution in [1.82, 2.24) is 20.0 Å². The Morgan fingerprint density at radius 1 is 0.894 bits per heavy atom. The molecule has 252 valence electrons. The second-order valence-corrected chi connectivity index (χ2v) is 14.0. The van der Waals surface area contributed by atoms with Crippen LogP contribution in [0.1, 0.15) is 47.1 Å². The molecule has 2 saturated heterocycles. The zero-order valence-electron chi connectivity index (χ0n) is 25.5. The molecule has 0 unspecified atom stereocenters. The van der Waals surface area contributed by atoms with Gasteiger partial charge in [-0.2, -0.15) is 26.3 Å². The first-order valence-electron chi connectivity index (χ1n) is 14.9. The van der Waals surface area contributed by atoms with E-state index in [1.165, 1.54) is 5.01 Å². The van der Waals surface area contributed by atoms with Gasteiger partial charge >= 0.3 is 12.4 Å². The first kappa shape index (κ1) is 33.2. The van der Waals surface area contributed by atoms with E-state index in [9.17, 15) is 34.8 Å². The molecule has 0 amide bonds. The highest BCUT2D eigenvalue weighted by Gasteiger charge is 2.61. The number of amidine groups is 1. The maximum absolute atomic E-state index is 13.6. The number of benzene rings is 3. The number of nitrogens with zero attached hydrogens (tertiary/aromatic N) is 4. The quantitative estimate of drug-likeness (QED) is 0.289. The molecule has 8 nitrogen and oxygen atoms in total. The summed E-state index contributed by atoms with van der Waals surface area (Å²) in [7, 11) is -2.11. The first-order valence-corrected chi connectivity index (χ1v) is 16.8. The highest BCUT2D eigenvalue weighted by molar-refractivity contribution is 7.88. The van der Waals surface area contributed by atoms with Crippen LogP contribution in [0.4, 0.5) is 26.3 Å². The Hall–Kier alpha value is -3.66. The molecule has 0 aromatic heterocycles. The standard InChI is InChI=1S/C32H33F6N5O3S/c1-41-29(39-40-43(41)47(2,44)45)26-18-30(23-11-7-4-8-12-23)28(14-13-27(26)42(30)19-21-9-5-3-6-10-21)46-20-22-15-24(31(33,34)35)17-25(16-22)32(36,37)38/h3-12,15-17,26-28,40H,13-14,18-20H2,1-2H3/t26-,27+,28-,30-/m1/s1. The summed E-state index contributed by atoms with van der Waals surface area (Å²) in [5.74, 6) is 0.187. The third kappa shape index (κ3) is 6.33. The molecule has 4 atom stereocenters. The van der Waals surface area contributed by atoms with Crippen LogP contribution >= 0.6 is 0 Å². The molecule has 0 saturated carbocycles. The predicted molar refractivity (Wildman–Crippen MR) is 161 cm³/mol. The average Bonchev–Trinajstić information content (AvgIpc) is 3.49. The van der Waals surface area contributed by atoms with Crippen LogP contribution in [0.3, 0.4) is 0 Å². The monoisotopic (exact) mass is 681 g/mol. The number of hydrazone groups is 1. The lowest BCUT2D eigenvalue weighted by Crippen LogP contribution is -2.56. The summed E-state index contributed by atoms with van der Waals surface area (Å²) < 4.78 is 114. The highest BCUT2D eigenvalue weighted by atomic mass is 32.2. The number of fused-ring (bicyclic) bond motifs is 2. The topological polar surface area (TPSA) is 77.5 Å². The van der Waals surface area contributed by atoms with Crippen LogP contribution in [0.2, 0.25) is 0 Å². The summed E-state index contributed by atoms with van der Waals surface area (Å²) in [5, 5.41) is 5.87. The minimum atomic E-state index is -4.98. The van der Waals surface area contributed by atoms with E-state index in [2.05, 4.69) is 15.5 Å². The van der Waals surface area contributed by atoms with Crippen molar-refractivity contribution in [3.05, 3.63) is 107 Å². The Morgan fingerprint density at radius 2 is 1.49 bits per heavy atom. The van der Waals surface area contributed by atoms with Crippen molar-refractivity contribution in [3.8, 4) is 0 Å². The van der Waals surface area contributed by atoms with Gasteiger partial charge in [-0.05, 0) is 58.7 Å². The van der Waals surface area contributed by atoms with Gasteiger partial charge in [0.15, 0.2) is 0 Å². The van der Waals surface area contributed by atoms with Gasteiger partial charge in [0.05, 0.1) is 35.6 Å². The van der Waals surface area contributed by atoms with Gasteiger partial charge in [-0.25, -0.2) is 14.0 Å². The summed E-state index contributed by atoms with van der Waals surface area (Å²) in [4.78, 5) is 2.28. The summed E-state index contributed by atoms with van der Waals surface area (Å²) >= 11 is 0. The molecule has 1 N–H and O–H groups in total. The van der Waals surface area contributed by atoms with E-state index in [4.69, 9.17) is 4.74 Å². The van der Waals surface area contributed by atoms with Crippen LogP contribution in [0, 0.1) is 5.92 Å². The van der Waals surface area contributed by atoms with Crippen molar-refractivity contribution in [2.75, 3.05) is 13.3 Å².